The molecule has 1 saturated heterocycles. The molecule has 1 aliphatic heterocycles. The van der Waals surface area contributed by atoms with E-state index in [-0.39, 0.29) is 17.3 Å². The molecule has 0 N–H and O–H groups in total. The van der Waals surface area contributed by atoms with Crippen LogP contribution in [0.5, 0.6) is 0 Å². The van der Waals surface area contributed by atoms with Crippen molar-refractivity contribution in [2.24, 2.45) is 0 Å². The molecule has 0 saturated carbocycles. The van der Waals surface area contributed by atoms with Crippen molar-refractivity contribution in [2.75, 3.05) is 31.1 Å². The molecule has 28 heavy (non-hydrogen) atoms. The van der Waals surface area contributed by atoms with Gasteiger partial charge in [-0.2, -0.15) is 17.7 Å². The van der Waals surface area contributed by atoms with Crippen molar-refractivity contribution in [1.29, 1.82) is 0 Å². The Bertz CT molecular complexity index is 1020. The number of carbonyl (C=O) groups is 1. The van der Waals surface area contributed by atoms with Gasteiger partial charge in [-0.15, -0.1) is 15.3 Å². The number of furan rings is 1. The number of hydrogen-bond donors (Lipinski definition) is 0. The summed E-state index contributed by atoms with van der Waals surface area (Å²) in [7, 11) is 0. The van der Waals surface area contributed by atoms with E-state index < -0.39 is 12.0 Å². The number of anilines is 1. The monoisotopic (exact) mass is 394 g/mol. The maximum absolute atomic E-state index is 13.2. The Morgan fingerprint density at radius 1 is 1.11 bits per heavy atom. The summed E-state index contributed by atoms with van der Waals surface area (Å²) in [4.78, 5) is 15.9. The maximum atomic E-state index is 13.2. The number of halogens is 3. The van der Waals surface area contributed by atoms with E-state index in [4.69, 9.17) is 4.42 Å². The van der Waals surface area contributed by atoms with Crippen LogP contribution in [0.2, 0.25) is 0 Å². The third-order valence-electron chi connectivity index (χ3n) is 4.92. The van der Waals surface area contributed by atoms with Gasteiger partial charge in [-0.3, -0.25) is 4.79 Å². The molecule has 4 heterocycles. The largest absolute Gasteiger partial charge is 0.459 e. The molecule has 0 aromatic carbocycles. The summed E-state index contributed by atoms with van der Waals surface area (Å²) in [5, 5.41) is 11.1. The third kappa shape index (κ3) is 2.96. The van der Waals surface area contributed by atoms with Crippen molar-refractivity contribution in [1.82, 2.24) is 24.7 Å². The summed E-state index contributed by atoms with van der Waals surface area (Å²) in [6.45, 7) is 5.18. The molecule has 0 atom stereocenters. The predicted molar refractivity (Wildman–Crippen MR) is 92.1 cm³/mol. The van der Waals surface area contributed by atoms with Gasteiger partial charge in [0.05, 0.1) is 6.26 Å². The topological polar surface area (TPSA) is 79.8 Å². The molecule has 0 radical (unpaired) electrons. The minimum Gasteiger partial charge on any atom is -0.459 e. The van der Waals surface area contributed by atoms with Crippen LogP contribution in [0.15, 0.2) is 22.8 Å². The lowest BCUT2D eigenvalue weighted by Gasteiger charge is -2.35. The molecular weight excluding hydrogens is 377 g/mol. The molecule has 1 aliphatic rings. The van der Waals surface area contributed by atoms with Crippen LogP contribution < -0.4 is 4.90 Å². The Labute approximate surface area is 157 Å². The first kappa shape index (κ1) is 18.3. The normalized spacial score (nSPS) is 15.5. The second-order valence-electron chi connectivity index (χ2n) is 6.59. The molecule has 8 nitrogen and oxygen atoms in total. The molecule has 4 rings (SSSR count). The van der Waals surface area contributed by atoms with Gasteiger partial charge in [0.2, 0.25) is 0 Å². The number of alkyl halides is 3. The highest BCUT2D eigenvalue weighted by atomic mass is 19.4. The molecule has 0 aliphatic carbocycles. The molecule has 1 fully saturated rings. The number of rotatable bonds is 2. The first-order chi connectivity index (χ1) is 13.3. The van der Waals surface area contributed by atoms with E-state index in [0.29, 0.717) is 37.6 Å². The summed E-state index contributed by atoms with van der Waals surface area (Å²) < 4.78 is 45.5. The standard InChI is InChI=1S/C17H17F3N6O2/c1-10-11(2)14(23-26-13(10)21-22-16(26)17(18,19)20)24-5-7-25(8-6-24)15(27)12-4-3-9-28-12/h3-4,9H,5-8H2,1-2H3. The number of amides is 1. The van der Waals surface area contributed by atoms with Crippen molar-refractivity contribution < 1.29 is 22.4 Å². The Morgan fingerprint density at radius 2 is 1.82 bits per heavy atom. The van der Waals surface area contributed by atoms with Crippen LogP contribution in [-0.2, 0) is 6.18 Å². The SMILES string of the molecule is Cc1c(N2CCN(C(=O)c3ccco3)CC2)nn2c(C(F)(F)F)nnc2c1C. The zero-order valence-corrected chi connectivity index (χ0v) is 15.2. The van der Waals surface area contributed by atoms with Gasteiger partial charge in [-0.25, -0.2) is 0 Å². The molecule has 11 heteroatoms. The third-order valence-corrected chi connectivity index (χ3v) is 4.92. The van der Waals surface area contributed by atoms with E-state index in [0.717, 1.165) is 10.1 Å². The minimum atomic E-state index is -4.65. The van der Waals surface area contributed by atoms with Gasteiger partial charge in [0.15, 0.2) is 17.2 Å². The molecule has 0 unspecified atom stereocenters. The fourth-order valence-electron chi connectivity index (χ4n) is 3.27. The Morgan fingerprint density at radius 3 is 2.43 bits per heavy atom. The minimum absolute atomic E-state index is 0.0835. The van der Waals surface area contributed by atoms with Crippen molar-refractivity contribution in [3.05, 3.63) is 41.1 Å². The van der Waals surface area contributed by atoms with Crippen molar-refractivity contribution in [3.8, 4) is 0 Å². The Kier molecular flexibility index (Phi) is 4.24. The van der Waals surface area contributed by atoms with Gasteiger partial charge in [0.25, 0.3) is 11.7 Å². The molecule has 0 spiro atoms. The average Bonchev–Trinajstić information content (AvgIpc) is 3.33. The Balaban J connectivity index is 1.61. The van der Waals surface area contributed by atoms with Crippen LogP contribution in [0.4, 0.5) is 19.0 Å². The van der Waals surface area contributed by atoms with Gasteiger partial charge >= 0.3 is 6.18 Å². The smallest absolute Gasteiger partial charge is 0.453 e. The predicted octanol–water partition coefficient (Wildman–Crippen LogP) is 2.32. The van der Waals surface area contributed by atoms with Gasteiger partial charge in [0, 0.05) is 37.3 Å². The second-order valence-corrected chi connectivity index (χ2v) is 6.59. The Hall–Kier alpha value is -3.11. The van der Waals surface area contributed by atoms with Crippen LogP contribution in [0.1, 0.15) is 27.5 Å². The highest BCUT2D eigenvalue weighted by molar-refractivity contribution is 5.91. The summed E-state index contributed by atoms with van der Waals surface area (Å²) in [5.41, 5.74) is 1.40. The van der Waals surface area contributed by atoms with E-state index in [1.54, 1.807) is 30.9 Å². The number of carbonyl (C=O) groups excluding carboxylic acids is 1. The van der Waals surface area contributed by atoms with Crippen LogP contribution in [0.3, 0.4) is 0 Å². The van der Waals surface area contributed by atoms with Gasteiger partial charge in [-0.1, -0.05) is 0 Å². The fraction of sp³-hybridized carbons (Fsp3) is 0.412. The molecule has 1 amide bonds. The van der Waals surface area contributed by atoms with Crippen LogP contribution in [0, 0.1) is 13.8 Å². The maximum Gasteiger partial charge on any atom is 0.453 e. The van der Waals surface area contributed by atoms with E-state index >= 15 is 0 Å². The van der Waals surface area contributed by atoms with Crippen LogP contribution >= 0.6 is 0 Å². The number of aryl methyl sites for hydroxylation is 1. The van der Waals surface area contributed by atoms with E-state index in [9.17, 15) is 18.0 Å². The second kappa shape index (κ2) is 6.50. The van der Waals surface area contributed by atoms with Crippen molar-refractivity contribution in [2.45, 2.75) is 20.0 Å². The molecule has 148 valence electrons. The summed E-state index contributed by atoms with van der Waals surface area (Å²) in [6.07, 6.45) is -3.22. The lowest BCUT2D eigenvalue weighted by Crippen LogP contribution is -2.49. The number of hydrogen-bond acceptors (Lipinski definition) is 6. The van der Waals surface area contributed by atoms with Gasteiger partial charge < -0.3 is 14.2 Å². The molecule has 3 aromatic rings. The number of aromatic nitrogens is 4. The van der Waals surface area contributed by atoms with E-state index in [1.807, 2.05) is 4.90 Å². The average molecular weight is 394 g/mol. The zero-order chi connectivity index (χ0) is 20.1. The lowest BCUT2D eigenvalue weighted by atomic mass is 10.1. The van der Waals surface area contributed by atoms with Crippen LogP contribution in [0.25, 0.3) is 5.65 Å². The van der Waals surface area contributed by atoms with Crippen molar-refractivity contribution in [3.63, 3.8) is 0 Å². The van der Waals surface area contributed by atoms with Gasteiger partial charge in [-0.05, 0) is 26.0 Å². The van der Waals surface area contributed by atoms with E-state index in [2.05, 4.69) is 15.3 Å². The fourth-order valence-corrected chi connectivity index (χ4v) is 3.27. The van der Waals surface area contributed by atoms with E-state index in [1.165, 1.54) is 6.26 Å². The number of nitrogens with zero attached hydrogens (tertiary/aromatic N) is 6. The zero-order valence-electron chi connectivity index (χ0n) is 15.2. The quantitative estimate of drug-likeness (QED) is 0.664. The first-order valence-corrected chi connectivity index (χ1v) is 8.65. The lowest BCUT2D eigenvalue weighted by molar-refractivity contribution is -0.146. The highest BCUT2D eigenvalue weighted by Crippen LogP contribution is 2.30. The summed E-state index contributed by atoms with van der Waals surface area (Å²) >= 11 is 0. The van der Waals surface area contributed by atoms with Crippen molar-refractivity contribution >= 4 is 17.4 Å². The molecular formula is C17H17F3N6O2. The molecule has 3 aromatic heterocycles. The number of fused-ring (bicyclic) bond motifs is 1. The summed E-state index contributed by atoms with van der Waals surface area (Å²) in [6, 6.07) is 3.24. The number of piperazine rings is 1. The summed E-state index contributed by atoms with van der Waals surface area (Å²) in [5.74, 6) is -0.669. The molecule has 0 bridgehead atoms. The van der Waals surface area contributed by atoms with Gasteiger partial charge in [0.1, 0.15) is 0 Å². The first-order valence-electron chi connectivity index (χ1n) is 8.65. The van der Waals surface area contributed by atoms with Crippen LogP contribution in [-0.4, -0.2) is 56.8 Å². The highest BCUT2D eigenvalue weighted by Gasteiger charge is 2.38.